The zero-order valence-electron chi connectivity index (χ0n) is 11.2. The van der Waals surface area contributed by atoms with Crippen LogP contribution in [0.2, 0.25) is 0 Å². The molecule has 1 aliphatic rings. The summed E-state index contributed by atoms with van der Waals surface area (Å²) in [7, 11) is -4.07. The van der Waals surface area contributed by atoms with Gasteiger partial charge in [0.2, 0.25) is 10.0 Å². The van der Waals surface area contributed by atoms with Crippen molar-refractivity contribution in [2.75, 3.05) is 19.6 Å². The molecule has 7 nitrogen and oxygen atoms in total. The van der Waals surface area contributed by atoms with Crippen LogP contribution in [0.25, 0.3) is 0 Å². The van der Waals surface area contributed by atoms with Crippen molar-refractivity contribution in [3.05, 3.63) is 34.1 Å². The minimum Gasteiger partial charge on any atom is -0.330 e. The maximum absolute atomic E-state index is 13.8. The number of rotatable bonds is 4. The first-order chi connectivity index (χ1) is 9.86. The Bertz CT molecular complexity index is 642. The summed E-state index contributed by atoms with van der Waals surface area (Å²) in [5.41, 5.74) is 5.09. The van der Waals surface area contributed by atoms with Gasteiger partial charge in [0.15, 0.2) is 0 Å². The fraction of sp³-hybridized carbons (Fsp3) is 0.500. The van der Waals surface area contributed by atoms with Gasteiger partial charge in [-0.1, -0.05) is 0 Å². The zero-order valence-corrected chi connectivity index (χ0v) is 12.1. The Morgan fingerprint density at radius 2 is 2.00 bits per heavy atom. The lowest BCUT2D eigenvalue weighted by atomic mass is 9.99. The Labute approximate surface area is 121 Å². The Balaban J connectivity index is 2.32. The van der Waals surface area contributed by atoms with E-state index in [1.807, 2.05) is 0 Å². The number of hydrogen-bond donors (Lipinski definition) is 1. The lowest BCUT2D eigenvalue weighted by molar-refractivity contribution is -0.385. The monoisotopic (exact) mass is 317 g/mol. The van der Waals surface area contributed by atoms with Crippen LogP contribution in [-0.2, 0) is 10.0 Å². The Hall–Kier alpha value is -1.58. The largest absolute Gasteiger partial charge is 0.330 e. The number of nitro groups is 1. The Morgan fingerprint density at radius 3 is 2.52 bits per heavy atom. The standard InChI is InChI=1S/C12H16FN3O4S/c13-11-2-1-10(16(17)18)7-12(11)21(19,20)15-5-3-9(8-14)4-6-15/h1-2,7,9H,3-6,8,14H2. The van der Waals surface area contributed by atoms with Crippen LogP contribution in [-0.4, -0.2) is 37.3 Å². The summed E-state index contributed by atoms with van der Waals surface area (Å²) in [6, 6.07) is 2.51. The number of nitro benzene ring substituents is 1. The molecule has 0 spiro atoms. The van der Waals surface area contributed by atoms with Crippen LogP contribution in [0.1, 0.15) is 12.8 Å². The van der Waals surface area contributed by atoms with Gasteiger partial charge in [-0.05, 0) is 31.4 Å². The van der Waals surface area contributed by atoms with Crippen molar-refractivity contribution >= 4 is 15.7 Å². The van der Waals surface area contributed by atoms with Gasteiger partial charge in [-0.15, -0.1) is 0 Å². The van der Waals surface area contributed by atoms with Crippen LogP contribution < -0.4 is 5.73 Å². The number of nitrogens with zero attached hydrogens (tertiary/aromatic N) is 2. The number of piperidine rings is 1. The lowest BCUT2D eigenvalue weighted by Gasteiger charge is -2.30. The summed E-state index contributed by atoms with van der Waals surface area (Å²) < 4.78 is 39.8. The van der Waals surface area contributed by atoms with E-state index in [0.29, 0.717) is 19.4 Å². The van der Waals surface area contributed by atoms with E-state index in [2.05, 4.69) is 0 Å². The van der Waals surface area contributed by atoms with E-state index in [0.717, 1.165) is 22.5 Å². The van der Waals surface area contributed by atoms with E-state index in [4.69, 9.17) is 5.73 Å². The molecule has 0 saturated carbocycles. The van der Waals surface area contributed by atoms with Crippen molar-refractivity contribution in [3.63, 3.8) is 0 Å². The molecule has 0 unspecified atom stereocenters. The molecular weight excluding hydrogens is 301 g/mol. The molecule has 1 heterocycles. The van der Waals surface area contributed by atoms with Gasteiger partial charge in [-0.25, -0.2) is 12.8 Å². The fourth-order valence-electron chi connectivity index (χ4n) is 2.33. The first-order valence-electron chi connectivity index (χ1n) is 6.50. The van der Waals surface area contributed by atoms with Crippen LogP contribution >= 0.6 is 0 Å². The van der Waals surface area contributed by atoms with Crippen LogP contribution in [0.5, 0.6) is 0 Å². The Morgan fingerprint density at radius 1 is 1.38 bits per heavy atom. The fourth-order valence-corrected chi connectivity index (χ4v) is 3.88. The highest BCUT2D eigenvalue weighted by Gasteiger charge is 2.32. The summed E-state index contributed by atoms with van der Waals surface area (Å²) in [5.74, 6) is -0.729. The molecule has 2 rings (SSSR count). The highest BCUT2D eigenvalue weighted by atomic mass is 32.2. The Kier molecular flexibility index (Phi) is 4.55. The number of sulfonamides is 1. The van der Waals surface area contributed by atoms with E-state index in [1.165, 1.54) is 0 Å². The average Bonchev–Trinajstić information content (AvgIpc) is 2.47. The minimum absolute atomic E-state index is 0.242. The molecule has 9 heteroatoms. The van der Waals surface area contributed by atoms with Gasteiger partial charge >= 0.3 is 0 Å². The number of halogens is 1. The van der Waals surface area contributed by atoms with Gasteiger partial charge in [-0.3, -0.25) is 10.1 Å². The SMILES string of the molecule is NCC1CCN(S(=O)(=O)c2cc([N+](=O)[O-])ccc2F)CC1. The van der Waals surface area contributed by atoms with Crippen LogP contribution in [0, 0.1) is 21.8 Å². The molecule has 1 aromatic rings. The van der Waals surface area contributed by atoms with Crippen LogP contribution in [0.15, 0.2) is 23.1 Å². The summed E-state index contributed by atoms with van der Waals surface area (Å²) in [5, 5.41) is 10.7. The van der Waals surface area contributed by atoms with E-state index >= 15 is 0 Å². The smallest absolute Gasteiger partial charge is 0.270 e. The molecular formula is C12H16FN3O4S. The van der Waals surface area contributed by atoms with Gasteiger partial charge in [0, 0.05) is 25.2 Å². The van der Waals surface area contributed by atoms with E-state index in [1.54, 1.807) is 0 Å². The number of benzene rings is 1. The molecule has 1 aromatic carbocycles. The van der Waals surface area contributed by atoms with Gasteiger partial charge in [-0.2, -0.15) is 4.31 Å². The first kappa shape index (κ1) is 15.8. The third kappa shape index (κ3) is 3.20. The maximum Gasteiger partial charge on any atom is 0.270 e. The summed E-state index contributed by atoms with van der Waals surface area (Å²) in [6.45, 7) is 0.970. The topological polar surface area (TPSA) is 107 Å². The second-order valence-corrected chi connectivity index (χ2v) is 6.86. The molecule has 1 aliphatic heterocycles. The average molecular weight is 317 g/mol. The predicted octanol–water partition coefficient (Wildman–Crippen LogP) is 1.09. The van der Waals surface area contributed by atoms with E-state index in [9.17, 15) is 22.9 Å². The lowest BCUT2D eigenvalue weighted by Crippen LogP contribution is -2.40. The second kappa shape index (κ2) is 6.04. The van der Waals surface area contributed by atoms with Crippen LogP contribution in [0.4, 0.5) is 10.1 Å². The summed E-state index contributed by atoms with van der Waals surface area (Å²) in [6.07, 6.45) is 1.21. The van der Waals surface area contributed by atoms with Crippen molar-refractivity contribution in [2.24, 2.45) is 11.7 Å². The number of non-ortho nitro benzene ring substituents is 1. The highest BCUT2D eigenvalue weighted by molar-refractivity contribution is 7.89. The second-order valence-electron chi connectivity index (χ2n) is 4.95. The highest BCUT2D eigenvalue weighted by Crippen LogP contribution is 2.27. The number of hydrogen-bond acceptors (Lipinski definition) is 5. The minimum atomic E-state index is -4.07. The summed E-state index contributed by atoms with van der Waals surface area (Å²) in [4.78, 5) is 9.31. The molecule has 0 bridgehead atoms. The molecule has 0 radical (unpaired) electrons. The predicted molar refractivity (Wildman–Crippen MR) is 73.6 cm³/mol. The van der Waals surface area contributed by atoms with Gasteiger partial charge in [0.25, 0.3) is 5.69 Å². The van der Waals surface area contributed by atoms with Gasteiger partial charge < -0.3 is 5.73 Å². The molecule has 1 fully saturated rings. The molecule has 0 atom stereocenters. The quantitative estimate of drug-likeness (QED) is 0.661. The van der Waals surface area contributed by atoms with E-state index in [-0.39, 0.29) is 19.0 Å². The third-order valence-corrected chi connectivity index (χ3v) is 5.56. The molecule has 1 saturated heterocycles. The molecule has 0 amide bonds. The summed E-state index contributed by atoms with van der Waals surface area (Å²) >= 11 is 0. The van der Waals surface area contributed by atoms with Crippen LogP contribution in [0.3, 0.4) is 0 Å². The number of nitrogens with two attached hydrogens (primary N) is 1. The zero-order chi connectivity index (χ0) is 15.6. The van der Waals surface area contributed by atoms with Crippen molar-refractivity contribution in [1.29, 1.82) is 0 Å². The molecule has 0 aromatic heterocycles. The molecule has 0 aliphatic carbocycles. The maximum atomic E-state index is 13.8. The van der Waals surface area contributed by atoms with E-state index < -0.39 is 31.3 Å². The molecule has 2 N–H and O–H groups in total. The first-order valence-corrected chi connectivity index (χ1v) is 7.94. The third-order valence-electron chi connectivity index (χ3n) is 3.65. The van der Waals surface area contributed by atoms with Gasteiger partial charge in [0.1, 0.15) is 10.7 Å². The van der Waals surface area contributed by atoms with Crippen molar-refractivity contribution in [2.45, 2.75) is 17.7 Å². The van der Waals surface area contributed by atoms with Crippen molar-refractivity contribution < 1.29 is 17.7 Å². The van der Waals surface area contributed by atoms with Crippen molar-refractivity contribution in [1.82, 2.24) is 4.31 Å². The van der Waals surface area contributed by atoms with Gasteiger partial charge in [0.05, 0.1) is 4.92 Å². The normalized spacial score (nSPS) is 17.8. The molecule has 116 valence electrons. The molecule has 21 heavy (non-hydrogen) atoms. The van der Waals surface area contributed by atoms with Crippen molar-refractivity contribution in [3.8, 4) is 0 Å².